The van der Waals surface area contributed by atoms with Gasteiger partial charge in [0.2, 0.25) is 0 Å². The predicted octanol–water partition coefficient (Wildman–Crippen LogP) is 6.32. The summed E-state index contributed by atoms with van der Waals surface area (Å²) < 4.78 is 2.55. The number of rotatable bonds is 2. The second-order valence-corrected chi connectivity index (χ2v) is 19.5. The van der Waals surface area contributed by atoms with Gasteiger partial charge in [0, 0.05) is 0 Å². The summed E-state index contributed by atoms with van der Waals surface area (Å²) in [4.78, 5) is 0. The Hall–Kier alpha value is -0.0969. The number of fused-ring (bicyclic) bond motifs is 2. The maximum absolute atomic E-state index is 7.08. The van der Waals surface area contributed by atoms with Crippen LogP contribution in [0.25, 0.3) is 0 Å². The van der Waals surface area contributed by atoms with E-state index in [2.05, 4.69) is 36.5 Å². The van der Waals surface area contributed by atoms with Gasteiger partial charge in [-0.25, -0.2) is 0 Å². The summed E-state index contributed by atoms with van der Waals surface area (Å²) in [6.07, 6.45) is 20.8. The molecule has 0 N–H and O–H groups in total. The van der Waals surface area contributed by atoms with Gasteiger partial charge in [-0.1, -0.05) is 0 Å². The van der Waals surface area contributed by atoms with Gasteiger partial charge in [0.25, 0.3) is 0 Å². The molecule has 3 heteroatoms. The molecule has 0 aromatic heterocycles. The molecule has 0 saturated heterocycles. The van der Waals surface area contributed by atoms with E-state index in [1.807, 2.05) is 0 Å². The maximum atomic E-state index is 7.08. The molecule has 0 saturated carbocycles. The molecule has 0 heterocycles. The zero-order chi connectivity index (χ0) is 14.4. The van der Waals surface area contributed by atoms with E-state index in [0.717, 1.165) is 12.8 Å². The predicted molar refractivity (Wildman–Crippen MR) is 87.9 cm³/mol. The van der Waals surface area contributed by atoms with Gasteiger partial charge < -0.3 is 0 Å². The quantitative estimate of drug-likeness (QED) is 0.513. The normalized spacial score (nSPS) is 24.3. The van der Waals surface area contributed by atoms with Crippen molar-refractivity contribution in [3.8, 4) is 0 Å². The van der Waals surface area contributed by atoms with Gasteiger partial charge in [0.1, 0.15) is 0 Å². The van der Waals surface area contributed by atoms with Gasteiger partial charge in [0.15, 0.2) is 0 Å². The van der Waals surface area contributed by atoms with Crippen molar-refractivity contribution in [2.45, 2.75) is 38.5 Å². The molecule has 108 valence electrons. The average Bonchev–Trinajstić information content (AvgIpc) is 3.12. The van der Waals surface area contributed by atoms with Crippen LogP contribution in [-0.2, 0) is 17.9 Å². The first-order valence-electron chi connectivity index (χ1n) is 7.80. The molecule has 0 aromatic carbocycles. The molecule has 0 amide bonds. The van der Waals surface area contributed by atoms with Gasteiger partial charge >= 0.3 is 139 Å². The Morgan fingerprint density at radius 3 is 1.67 bits per heavy atom. The van der Waals surface area contributed by atoms with Crippen LogP contribution in [0.2, 0.25) is 0 Å². The van der Waals surface area contributed by atoms with E-state index >= 15 is 0 Å². The summed E-state index contributed by atoms with van der Waals surface area (Å²) >= 11 is -3.49. The summed E-state index contributed by atoms with van der Waals surface area (Å²) in [6, 6.07) is 0. The first kappa shape index (κ1) is 14.5. The molecule has 0 aromatic rings. The fourth-order valence-corrected chi connectivity index (χ4v) is 12.8. The van der Waals surface area contributed by atoms with Crippen LogP contribution >= 0.6 is 17.0 Å². The Bertz CT molecular complexity index is 626. The standard InChI is InChI=1S/2C9H9.2ClH.Zr/c2*1-2-5-9-7-3-6-8(9)4-1;;;/h2*3-4,7H,1-2,5H2;2*1H;/q;;;;+2/p-2. The van der Waals surface area contributed by atoms with E-state index in [1.54, 1.807) is 0 Å². The Balaban J connectivity index is 1.70. The molecular weight excluding hydrogens is 378 g/mol. The van der Waals surface area contributed by atoms with Crippen LogP contribution in [-0.4, -0.2) is 0 Å². The molecule has 0 radical (unpaired) electrons. The minimum atomic E-state index is -3.49. The molecule has 0 unspecified atom stereocenters. The fraction of sp³-hybridized carbons (Fsp3) is 0.333. The van der Waals surface area contributed by atoms with Crippen molar-refractivity contribution in [2.24, 2.45) is 0 Å². The van der Waals surface area contributed by atoms with Gasteiger partial charge in [-0.05, 0) is 0 Å². The number of hydrogen-bond acceptors (Lipinski definition) is 0. The van der Waals surface area contributed by atoms with Crippen LogP contribution in [0.15, 0.2) is 65.3 Å². The topological polar surface area (TPSA) is 0 Å². The zero-order valence-electron chi connectivity index (χ0n) is 12.0. The molecule has 0 nitrogen and oxygen atoms in total. The SMILES string of the molecule is [Cl][Zr]([Cl])([C]1=CC=C2CCCC=C21)[C]1=CC=C2CCCC=C21. The van der Waals surface area contributed by atoms with Gasteiger partial charge in [0.05, 0.1) is 0 Å². The minimum absolute atomic E-state index is 1.16. The molecule has 0 fully saturated rings. The summed E-state index contributed by atoms with van der Waals surface area (Å²) in [5.41, 5.74) is 5.63. The Morgan fingerprint density at radius 1 is 0.714 bits per heavy atom. The molecule has 0 bridgehead atoms. The second kappa shape index (κ2) is 5.52. The third-order valence-electron chi connectivity index (χ3n) is 4.85. The Labute approximate surface area is 138 Å². The average molecular weight is 396 g/mol. The van der Waals surface area contributed by atoms with E-state index in [1.165, 1.54) is 54.5 Å². The molecule has 4 aliphatic rings. The Morgan fingerprint density at radius 2 is 1.19 bits per heavy atom. The van der Waals surface area contributed by atoms with Crippen molar-refractivity contribution in [3.05, 3.63) is 65.3 Å². The first-order valence-corrected chi connectivity index (χ1v) is 16.6. The first-order chi connectivity index (χ1) is 10.2. The van der Waals surface area contributed by atoms with Gasteiger partial charge in [-0.2, -0.15) is 0 Å². The van der Waals surface area contributed by atoms with Crippen molar-refractivity contribution in [1.29, 1.82) is 0 Å². The molecule has 0 spiro atoms. The summed E-state index contributed by atoms with van der Waals surface area (Å²) in [7, 11) is 14.2. The monoisotopic (exact) mass is 394 g/mol. The van der Waals surface area contributed by atoms with Crippen LogP contribution in [0.3, 0.4) is 0 Å². The van der Waals surface area contributed by atoms with Crippen LogP contribution in [0.5, 0.6) is 0 Å². The van der Waals surface area contributed by atoms with Crippen LogP contribution in [0.1, 0.15) is 38.5 Å². The van der Waals surface area contributed by atoms with E-state index < -0.39 is 17.9 Å². The fourth-order valence-electron chi connectivity index (χ4n) is 3.76. The van der Waals surface area contributed by atoms with Gasteiger partial charge in [-0.15, -0.1) is 0 Å². The van der Waals surface area contributed by atoms with Crippen LogP contribution in [0.4, 0.5) is 0 Å². The molecule has 21 heavy (non-hydrogen) atoms. The zero-order valence-corrected chi connectivity index (χ0v) is 15.9. The summed E-state index contributed by atoms with van der Waals surface area (Å²) in [5.74, 6) is 0. The van der Waals surface area contributed by atoms with E-state index in [0.29, 0.717) is 0 Å². The van der Waals surface area contributed by atoms with Crippen molar-refractivity contribution >= 4 is 17.0 Å². The van der Waals surface area contributed by atoms with Crippen LogP contribution < -0.4 is 0 Å². The molecule has 4 rings (SSSR count). The molecule has 0 atom stereocenters. The van der Waals surface area contributed by atoms with E-state index in [4.69, 9.17) is 17.0 Å². The summed E-state index contributed by atoms with van der Waals surface area (Å²) in [6.45, 7) is 0. The van der Waals surface area contributed by atoms with Crippen molar-refractivity contribution in [1.82, 2.24) is 0 Å². The second-order valence-electron chi connectivity index (χ2n) is 6.14. The van der Waals surface area contributed by atoms with E-state index in [-0.39, 0.29) is 0 Å². The van der Waals surface area contributed by atoms with Crippen molar-refractivity contribution < 1.29 is 17.9 Å². The van der Waals surface area contributed by atoms with Crippen molar-refractivity contribution in [2.75, 3.05) is 0 Å². The Kier molecular flexibility index (Phi) is 3.81. The summed E-state index contributed by atoms with van der Waals surface area (Å²) in [5, 5.41) is 0. The molecular formula is C18H18Cl2Zr. The molecule has 4 aliphatic carbocycles. The van der Waals surface area contributed by atoms with Crippen LogP contribution in [0, 0.1) is 0 Å². The third kappa shape index (κ3) is 2.37. The number of hydrogen-bond donors (Lipinski definition) is 0. The number of allylic oxidation sites excluding steroid dienone is 12. The van der Waals surface area contributed by atoms with Gasteiger partial charge in [-0.3, -0.25) is 0 Å². The van der Waals surface area contributed by atoms with Crippen molar-refractivity contribution in [3.63, 3.8) is 0 Å². The third-order valence-corrected chi connectivity index (χ3v) is 15.1. The number of halogens is 2. The molecule has 0 aliphatic heterocycles. The van der Waals surface area contributed by atoms with E-state index in [9.17, 15) is 0 Å².